The summed E-state index contributed by atoms with van der Waals surface area (Å²) in [6.07, 6.45) is -4.34. The molecule has 2 aromatic carbocycles. The topological polar surface area (TPSA) is 26.3 Å². The van der Waals surface area contributed by atoms with Crippen LogP contribution < -0.4 is 0 Å². The van der Waals surface area contributed by atoms with E-state index in [0.29, 0.717) is 21.7 Å². The number of benzene rings is 2. The molecule has 0 atom stereocenters. The molecule has 0 aliphatic rings. The molecule has 116 valence electrons. The molecule has 0 radical (unpaired) electrons. The largest absolute Gasteiger partial charge is 0.411 e. The van der Waals surface area contributed by atoms with Gasteiger partial charge in [0.1, 0.15) is 6.61 Å². The van der Waals surface area contributed by atoms with E-state index in [9.17, 15) is 18.0 Å². The van der Waals surface area contributed by atoms with E-state index in [1.807, 2.05) is 0 Å². The summed E-state index contributed by atoms with van der Waals surface area (Å²) in [5, 5.41) is 0.536. The van der Waals surface area contributed by atoms with Gasteiger partial charge >= 0.3 is 6.18 Å². The van der Waals surface area contributed by atoms with Crippen LogP contribution in [-0.2, 0) is 11.3 Å². The summed E-state index contributed by atoms with van der Waals surface area (Å²) in [6.45, 7) is -1.45. The molecule has 0 aliphatic heterocycles. The first kappa shape index (κ1) is 16.5. The molecule has 6 heteroatoms. The summed E-state index contributed by atoms with van der Waals surface area (Å²) >= 11 is 5.76. The fourth-order valence-corrected chi connectivity index (χ4v) is 1.93. The first-order chi connectivity index (χ1) is 10.3. The zero-order chi connectivity index (χ0) is 16.2. The molecule has 0 saturated heterocycles. The van der Waals surface area contributed by atoms with Gasteiger partial charge in [-0.2, -0.15) is 13.2 Å². The predicted molar refractivity (Wildman–Crippen MR) is 77.0 cm³/mol. The normalized spacial score (nSPS) is 11.5. The van der Waals surface area contributed by atoms with Crippen LogP contribution in [0.1, 0.15) is 21.5 Å². The SMILES string of the molecule is O=C(c1ccc(Cl)cc1)c1ccc(COCC(F)(F)F)cc1. The minimum atomic E-state index is -4.34. The van der Waals surface area contributed by atoms with Crippen molar-refractivity contribution in [3.05, 3.63) is 70.2 Å². The molecule has 2 aromatic rings. The number of ketones is 1. The fraction of sp³-hybridized carbons (Fsp3) is 0.188. The van der Waals surface area contributed by atoms with Gasteiger partial charge in [0.2, 0.25) is 0 Å². The summed E-state index contributed by atoms with van der Waals surface area (Å²) in [4.78, 5) is 12.2. The van der Waals surface area contributed by atoms with Gasteiger partial charge in [-0.3, -0.25) is 4.79 Å². The van der Waals surface area contributed by atoms with Crippen molar-refractivity contribution in [2.24, 2.45) is 0 Å². The smallest absolute Gasteiger partial charge is 0.367 e. The van der Waals surface area contributed by atoms with E-state index in [1.165, 1.54) is 0 Å². The van der Waals surface area contributed by atoms with Crippen molar-refractivity contribution in [1.29, 1.82) is 0 Å². The Morgan fingerprint density at radius 2 is 1.45 bits per heavy atom. The van der Waals surface area contributed by atoms with Gasteiger partial charge in [-0.1, -0.05) is 35.9 Å². The second-order valence-electron chi connectivity index (χ2n) is 4.64. The van der Waals surface area contributed by atoms with Crippen LogP contribution in [0.25, 0.3) is 0 Å². The van der Waals surface area contributed by atoms with Crippen LogP contribution in [-0.4, -0.2) is 18.6 Å². The van der Waals surface area contributed by atoms with Crippen molar-refractivity contribution in [3.63, 3.8) is 0 Å². The summed E-state index contributed by atoms with van der Waals surface area (Å²) in [5.41, 5.74) is 1.50. The van der Waals surface area contributed by atoms with E-state index in [4.69, 9.17) is 11.6 Å². The third kappa shape index (κ3) is 4.86. The number of rotatable bonds is 5. The van der Waals surface area contributed by atoms with Crippen LogP contribution in [0.3, 0.4) is 0 Å². The molecule has 0 unspecified atom stereocenters. The van der Waals surface area contributed by atoms with Crippen LogP contribution >= 0.6 is 11.6 Å². The Kier molecular flexibility index (Phi) is 5.21. The highest BCUT2D eigenvalue weighted by Crippen LogP contribution is 2.17. The lowest BCUT2D eigenvalue weighted by Crippen LogP contribution is -2.16. The Balaban J connectivity index is 1.99. The van der Waals surface area contributed by atoms with E-state index >= 15 is 0 Å². The van der Waals surface area contributed by atoms with Gasteiger partial charge in [-0.05, 0) is 29.8 Å². The van der Waals surface area contributed by atoms with E-state index in [-0.39, 0.29) is 12.4 Å². The van der Waals surface area contributed by atoms with Crippen molar-refractivity contribution >= 4 is 17.4 Å². The van der Waals surface area contributed by atoms with Crippen LogP contribution in [0.5, 0.6) is 0 Å². The second kappa shape index (κ2) is 6.94. The van der Waals surface area contributed by atoms with Crippen molar-refractivity contribution in [2.45, 2.75) is 12.8 Å². The lowest BCUT2D eigenvalue weighted by Gasteiger charge is -2.08. The Hall–Kier alpha value is -1.85. The maximum Gasteiger partial charge on any atom is 0.411 e. The molecule has 0 aliphatic carbocycles. The first-order valence-electron chi connectivity index (χ1n) is 6.39. The molecule has 0 heterocycles. The molecule has 0 N–H and O–H groups in total. The van der Waals surface area contributed by atoms with Crippen molar-refractivity contribution < 1.29 is 22.7 Å². The Morgan fingerprint density at radius 3 is 1.95 bits per heavy atom. The molecule has 0 aromatic heterocycles. The number of hydrogen-bond acceptors (Lipinski definition) is 2. The molecular weight excluding hydrogens is 317 g/mol. The average molecular weight is 329 g/mol. The Labute approximate surface area is 130 Å². The molecule has 0 bridgehead atoms. The van der Waals surface area contributed by atoms with Gasteiger partial charge in [0.15, 0.2) is 5.78 Å². The second-order valence-corrected chi connectivity index (χ2v) is 5.08. The monoisotopic (exact) mass is 328 g/mol. The van der Waals surface area contributed by atoms with E-state index in [2.05, 4.69) is 4.74 Å². The maximum atomic E-state index is 12.2. The van der Waals surface area contributed by atoms with Crippen LogP contribution in [0, 0.1) is 0 Å². The van der Waals surface area contributed by atoms with Crippen molar-refractivity contribution in [1.82, 2.24) is 0 Å². The van der Waals surface area contributed by atoms with Crippen LogP contribution in [0.15, 0.2) is 48.5 Å². The number of halogens is 4. The van der Waals surface area contributed by atoms with Gasteiger partial charge in [0.25, 0.3) is 0 Å². The van der Waals surface area contributed by atoms with E-state index < -0.39 is 12.8 Å². The van der Waals surface area contributed by atoms with Crippen LogP contribution in [0.4, 0.5) is 13.2 Å². The number of ether oxygens (including phenoxy) is 1. The number of hydrogen-bond donors (Lipinski definition) is 0. The quantitative estimate of drug-likeness (QED) is 0.747. The zero-order valence-electron chi connectivity index (χ0n) is 11.4. The molecule has 2 rings (SSSR count). The number of carbonyl (C=O) groups is 1. The van der Waals surface area contributed by atoms with Gasteiger partial charge in [-0.15, -0.1) is 0 Å². The molecule has 0 amide bonds. The maximum absolute atomic E-state index is 12.2. The molecule has 0 saturated carbocycles. The first-order valence-corrected chi connectivity index (χ1v) is 6.77. The molecule has 22 heavy (non-hydrogen) atoms. The minimum Gasteiger partial charge on any atom is -0.367 e. The third-order valence-electron chi connectivity index (χ3n) is 2.86. The summed E-state index contributed by atoms with van der Waals surface area (Å²) in [6, 6.07) is 12.7. The Bertz CT molecular complexity index is 634. The average Bonchev–Trinajstić information content (AvgIpc) is 2.47. The number of carbonyl (C=O) groups excluding carboxylic acids is 1. The van der Waals surface area contributed by atoms with Crippen molar-refractivity contribution in [3.8, 4) is 0 Å². The molecule has 2 nitrogen and oxygen atoms in total. The van der Waals surface area contributed by atoms with Gasteiger partial charge in [0.05, 0.1) is 6.61 Å². The summed E-state index contributed by atoms with van der Waals surface area (Å²) in [5.74, 6) is -0.181. The van der Waals surface area contributed by atoms with Gasteiger partial charge in [-0.25, -0.2) is 0 Å². The van der Waals surface area contributed by atoms with Crippen molar-refractivity contribution in [2.75, 3.05) is 6.61 Å². The number of alkyl halides is 3. The minimum absolute atomic E-state index is 0.158. The zero-order valence-corrected chi connectivity index (χ0v) is 12.1. The predicted octanol–water partition coefficient (Wildman–Crippen LogP) is 4.65. The molecule has 0 spiro atoms. The highest BCUT2D eigenvalue weighted by atomic mass is 35.5. The third-order valence-corrected chi connectivity index (χ3v) is 3.11. The van der Waals surface area contributed by atoms with Gasteiger partial charge in [0, 0.05) is 16.1 Å². The van der Waals surface area contributed by atoms with Gasteiger partial charge < -0.3 is 4.74 Å². The summed E-state index contributed by atoms with van der Waals surface area (Å²) in [7, 11) is 0. The summed E-state index contributed by atoms with van der Waals surface area (Å²) < 4.78 is 40.5. The highest BCUT2D eigenvalue weighted by Gasteiger charge is 2.27. The standard InChI is InChI=1S/C16H12ClF3O2/c17-14-7-5-13(6-8-14)15(21)12-3-1-11(2-4-12)9-22-10-16(18,19)20/h1-8H,9-10H2. The van der Waals surface area contributed by atoms with E-state index in [0.717, 1.165) is 0 Å². The van der Waals surface area contributed by atoms with E-state index in [1.54, 1.807) is 48.5 Å². The molecular formula is C16H12ClF3O2. The highest BCUT2D eigenvalue weighted by molar-refractivity contribution is 6.30. The van der Waals surface area contributed by atoms with Crippen LogP contribution in [0.2, 0.25) is 5.02 Å². The lowest BCUT2D eigenvalue weighted by atomic mass is 10.0. The lowest BCUT2D eigenvalue weighted by molar-refractivity contribution is -0.176. The fourth-order valence-electron chi connectivity index (χ4n) is 1.80. The Morgan fingerprint density at radius 1 is 0.955 bits per heavy atom. The molecule has 0 fully saturated rings.